The largest absolute Gasteiger partial charge is 0.466 e. The predicted molar refractivity (Wildman–Crippen MR) is 250 cm³/mol. The van der Waals surface area contributed by atoms with Gasteiger partial charge in [0, 0.05) is 12.8 Å². The minimum atomic E-state index is -0.666. The SMILES string of the molecule is CCCCCCC/C=C\CCCCCCCC(=O)OCCCCCCCCCCCCCCCCCCC(=O)NC(CO)C(O)CCCCCCCCCCCCC. The van der Waals surface area contributed by atoms with Gasteiger partial charge < -0.3 is 20.3 Å². The first kappa shape index (κ1) is 56.6. The van der Waals surface area contributed by atoms with Gasteiger partial charge in [0.05, 0.1) is 25.4 Å². The number of aliphatic hydroxyl groups excluding tert-OH is 2. The number of unbranched alkanes of at least 4 members (excludes halogenated alkanes) is 35. The van der Waals surface area contributed by atoms with Crippen LogP contribution in [0, 0.1) is 0 Å². The molecule has 0 aromatic carbocycles. The molecule has 3 N–H and O–H groups in total. The summed E-state index contributed by atoms with van der Waals surface area (Å²) in [5.74, 6) is -0.0480. The van der Waals surface area contributed by atoms with Crippen LogP contribution in [0.15, 0.2) is 12.2 Å². The van der Waals surface area contributed by atoms with Crippen molar-refractivity contribution in [3.63, 3.8) is 0 Å². The normalized spacial score (nSPS) is 12.7. The molecule has 6 heteroatoms. The quantitative estimate of drug-likeness (QED) is 0.0323. The highest BCUT2D eigenvalue weighted by molar-refractivity contribution is 5.76. The highest BCUT2D eigenvalue weighted by Crippen LogP contribution is 2.16. The van der Waals surface area contributed by atoms with Gasteiger partial charge in [0.25, 0.3) is 0 Å². The molecule has 1 amide bonds. The average Bonchev–Trinajstić information content (AvgIpc) is 3.22. The minimum absolute atomic E-state index is 0.00536. The lowest BCUT2D eigenvalue weighted by Gasteiger charge is -2.22. The third-order valence-corrected chi connectivity index (χ3v) is 12.1. The number of ether oxygens (including phenoxy) is 1. The van der Waals surface area contributed by atoms with Gasteiger partial charge in [-0.3, -0.25) is 9.59 Å². The first-order chi connectivity index (χ1) is 28.5. The average molecular weight is 820 g/mol. The van der Waals surface area contributed by atoms with Crippen LogP contribution in [0.3, 0.4) is 0 Å². The summed E-state index contributed by atoms with van der Waals surface area (Å²) in [6.45, 7) is 4.92. The molecule has 0 fully saturated rings. The lowest BCUT2D eigenvalue weighted by atomic mass is 10.0. The number of amides is 1. The number of allylic oxidation sites excluding steroid dienone is 2. The number of carbonyl (C=O) groups excluding carboxylic acids is 2. The molecule has 0 saturated carbocycles. The van der Waals surface area contributed by atoms with Gasteiger partial charge in [-0.15, -0.1) is 0 Å². The van der Waals surface area contributed by atoms with Crippen molar-refractivity contribution in [1.82, 2.24) is 5.32 Å². The van der Waals surface area contributed by atoms with Gasteiger partial charge in [-0.25, -0.2) is 0 Å². The summed E-state index contributed by atoms with van der Waals surface area (Å²) in [6, 6.07) is -0.544. The van der Waals surface area contributed by atoms with Gasteiger partial charge in [-0.05, 0) is 51.4 Å². The second kappa shape index (κ2) is 48.3. The van der Waals surface area contributed by atoms with Crippen LogP contribution >= 0.6 is 0 Å². The van der Waals surface area contributed by atoms with Crippen molar-refractivity contribution in [1.29, 1.82) is 0 Å². The monoisotopic (exact) mass is 820 g/mol. The van der Waals surface area contributed by atoms with Gasteiger partial charge in [0.15, 0.2) is 0 Å². The summed E-state index contributed by atoms with van der Waals surface area (Å²) in [6.07, 6.45) is 54.7. The van der Waals surface area contributed by atoms with Crippen LogP contribution in [0.5, 0.6) is 0 Å². The molecule has 2 unspecified atom stereocenters. The molecule has 0 aliphatic heterocycles. The maximum Gasteiger partial charge on any atom is 0.305 e. The second-order valence-electron chi connectivity index (χ2n) is 17.9. The Morgan fingerprint density at radius 3 is 1.22 bits per heavy atom. The zero-order valence-corrected chi connectivity index (χ0v) is 39.0. The zero-order chi connectivity index (χ0) is 42.3. The third kappa shape index (κ3) is 44.2. The van der Waals surface area contributed by atoms with Crippen molar-refractivity contribution in [3.8, 4) is 0 Å². The number of nitrogens with one attached hydrogen (secondary N) is 1. The lowest BCUT2D eigenvalue weighted by Crippen LogP contribution is -2.45. The van der Waals surface area contributed by atoms with E-state index >= 15 is 0 Å². The molecule has 0 radical (unpaired) electrons. The molecule has 58 heavy (non-hydrogen) atoms. The van der Waals surface area contributed by atoms with Crippen LogP contribution in [0.4, 0.5) is 0 Å². The molecule has 2 atom stereocenters. The summed E-state index contributed by atoms with van der Waals surface area (Å²) >= 11 is 0. The van der Waals surface area contributed by atoms with Crippen LogP contribution in [0.1, 0.15) is 284 Å². The van der Waals surface area contributed by atoms with Crippen molar-refractivity contribution >= 4 is 11.9 Å². The van der Waals surface area contributed by atoms with Crippen molar-refractivity contribution < 1.29 is 24.5 Å². The molecule has 0 aromatic heterocycles. The van der Waals surface area contributed by atoms with E-state index in [1.165, 1.54) is 205 Å². The highest BCUT2D eigenvalue weighted by Gasteiger charge is 2.20. The predicted octanol–water partition coefficient (Wildman–Crippen LogP) is 15.3. The van der Waals surface area contributed by atoms with Gasteiger partial charge in [0.2, 0.25) is 5.91 Å². The third-order valence-electron chi connectivity index (χ3n) is 12.1. The van der Waals surface area contributed by atoms with Gasteiger partial charge in [0.1, 0.15) is 0 Å². The Morgan fingerprint density at radius 2 is 0.810 bits per heavy atom. The highest BCUT2D eigenvalue weighted by atomic mass is 16.5. The molecule has 0 aliphatic rings. The molecule has 0 aromatic rings. The Balaban J connectivity index is 3.41. The van der Waals surface area contributed by atoms with E-state index in [4.69, 9.17) is 4.74 Å². The van der Waals surface area contributed by atoms with E-state index in [0.717, 1.165) is 44.9 Å². The van der Waals surface area contributed by atoms with Crippen molar-refractivity contribution in [3.05, 3.63) is 12.2 Å². The number of rotatable bonds is 48. The standard InChI is InChI=1S/C52H101NO5/c1-3-5-7-9-11-13-15-16-22-26-30-34-38-42-46-52(57)58-47-43-39-35-31-27-23-20-18-17-19-21-25-29-33-37-41-45-51(56)53-49(48-54)50(55)44-40-36-32-28-24-14-12-10-8-6-4-2/h15-16,49-50,54-55H,3-14,17-48H2,1-2H3,(H,53,56)/b16-15-. The van der Waals surface area contributed by atoms with E-state index < -0.39 is 12.1 Å². The van der Waals surface area contributed by atoms with Crippen molar-refractivity contribution in [2.75, 3.05) is 13.2 Å². The fourth-order valence-corrected chi connectivity index (χ4v) is 8.05. The van der Waals surface area contributed by atoms with Gasteiger partial charge in [-0.2, -0.15) is 0 Å². The summed E-state index contributed by atoms with van der Waals surface area (Å²) in [7, 11) is 0. The number of esters is 1. The van der Waals surface area contributed by atoms with Crippen molar-refractivity contribution in [2.45, 2.75) is 296 Å². The molecule has 0 bridgehead atoms. The van der Waals surface area contributed by atoms with E-state index in [-0.39, 0.29) is 18.5 Å². The van der Waals surface area contributed by atoms with Crippen LogP contribution < -0.4 is 5.32 Å². The smallest absolute Gasteiger partial charge is 0.305 e. The Bertz CT molecular complexity index is 863. The van der Waals surface area contributed by atoms with Gasteiger partial charge >= 0.3 is 5.97 Å². The van der Waals surface area contributed by atoms with E-state index in [2.05, 4.69) is 31.3 Å². The van der Waals surface area contributed by atoms with Gasteiger partial charge in [-0.1, -0.05) is 231 Å². The van der Waals surface area contributed by atoms with Crippen LogP contribution in [-0.4, -0.2) is 47.4 Å². The fraction of sp³-hybridized carbons (Fsp3) is 0.923. The molecule has 0 aliphatic carbocycles. The summed E-state index contributed by atoms with van der Waals surface area (Å²) in [4.78, 5) is 24.4. The summed E-state index contributed by atoms with van der Waals surface area (Å²) in [5, 5.41) is 23.1. The number of aliphatic hydroxyl groups is 2. The molecule has 0 rings (SSSR count). The topological polar surface area (TPSA) is 95.9 Å². The molecule has 0 saturated heterocycles. The lowest BCUT2D eigenvalue weighted by molar-refractivity contribution is -0.143. The Morgan fingerprint density at radius 1 is 0.466 bits per heavy atom. The maximum absolute atomic E-state index is 12.4. The van der Waals surface area contributed by atoms with E-state index in [1.807, 2.05) is 0 Å². The number of hydrogen-bond donors (Lipinski definition) is 3. The molecule has 344 valence electrons. The van der Waals surface area contributed by atoms with Crippen LogP contribution in [0.25, 0.3) is 0 Å². The number of hydrogen-bond acceptors (Lipinski definition) is 5. The maximum atomic E-state index is 12.4. The summed E-state index contributed by atoms with van der Waals surface area (Å²) in [5.41, 5.74) is 0. The van der Waals surface area contributed by atoms with Crippen LogP contribution in [0.2, 0.25) is 0 Å². The first-order valence-corrected chi connectivity index (χ1v) is 25.9. The van der Waals surface area contributed by atoms with E-state index in [0.29, 0.717) is 25.9 Å². The summed E-state index contributed by atoms with van der Waals surface area (Å²) < 4.78 is 5.46. The Kier molecular flexibility index (Phi) is 47.1. The molecular weight excluding hydrogens is 719 g/mol. The fourth-order valence-electron chi connectivity index (χ4n) is 8.05. The zero-order valence-electron chi connectivity index (χ0n) is 39.0. The number of carbonyl (C=O) groups is 2. The van der Waals surface area contributed by atoms with Crippen LogP contribution in [-0.2, 0) is 14.3 Å². The van der Waals surface area contributed by atoms with E-state index in [1.54, 1.807) is 0 Å². The molecule has 0 spiro atoms. The molecule has 0 heterocycles. The molecule has 6 nitrogen and oxygen atoms in total. The minimum Gasteiger partial charge on any atom is -0.466 e. The Hall–Kier alpha value is -1.40. The van der Waals surface area contributed by atoms with Crippen molar-refractivity contribution in [2.24, 2.45) is 0 Å². The van der Waals surface area contributed by atoms with E-state index in [9.17, 15) is 19.8 Å². The Labute approximate surface area is 361 Å². The molecular formula is C52H101NO5. The first-order valence-electron chi connectivity index (χ1n) is 25.9. The second-order valence-corrected chi connectivity index (χ2v) is 17.9.